The zero-order valence-electron chi connectivity index (χ0n) is 14.5. The first-order valence-corrected chi connectivity index (χ1v) is 10.3. The van der Waals surface area contributed by atoms with Crippen LogP contribution < -0.4 is 4.31 Å². The first-order chi connectivity index (χ1) is 11.4. The summed E-state index contributed by atoms with van der Waals surface area (Å²) in [6, 6.07) is 9.01. The van der Waals surface area contributed by atoms with E-state index in [2.05, 4.69) is 11.8 Å². The average molecular weight is 353 g/mol. The number of rotatable bonds is 7. The lowest BCUT2D eigenvalue weighted by atomic mass is 10.2. The van der Waals surface area contributed by atoms with Crippen LogP contribution in [-0.2, 0) is 14.8 Å². The van der Waals surface area contributed by atoms with Crippen LogP contribution in [0.15, 0.2) is 30.3 Å². The van der Waals surface area contributed by atoms with Crippen LogP contribution in [0.3, 0.4) is 0 Å². The first kappa shape index (κ1) is 18.7. The van der Waals surface area contributed by atoms with E-state index >= 15 is 0 Å². The van der Waals surface area contributed by atoms with Gasteiger partial charge in [-0.1, -0.05) is 25.1 Å². The Morgan fingerprint density at radius 2 is 1.75 bits per heavy atom. The van der Waals surface area contributed by atoms with Crippen LogP contribution >= 0.6 is 0 Å². The molecule has 0 aliphatic carbocycles. The Morgan fingerprint density at radius 3 is 2.29 bits per heavy atom. The molecule has 1 aromatic rings. The van der Waals surface area contributed by atoms with Gasteiger partial charge in [-0.05, 0) is 25.1 Å². The molecule has 1 aliphatic heterocycles. The summed E-state index contributed by atoms with van der Waals surface area (Å²) >= 11 is 0. The van der Waals surface area contributed by atoms with Gasteiger partial charge in [0.1, 0.15) is 0 Å². The van der Waals surface area contributed by atoms with E-state index < -0.39 is 10.0 Å². The van der Waals surface area contributed by atoms with Gasteiger partial charge in [-0.3, -0.25) is 9.10 Å². The molecule has 7 heteroatoms. The molecule has 0 unspecified atom stereocenters. The van der Waals surface area contributed by atoms with Crippen LogP contribution in [0.25, 0.3) is 0 Å². The van der Waals surface area contributed by atoms with Crippen molar-refractivity contribution in [3.05, 3.63) is 30.3 Å². The average Bonchev–Trinajstić information content (AvgIpc) is 2.58. The molecule has 1 heterocycles. The summed E-state index contributed by atoms with van der Waals surface area (Å²) in [4.78, 5) is 16.5. The molecule has 0 atom stereocenters. The number of amides is 1. The highest BCUT2D eigenvalue weighted by Crippen LogP contribution is 2.17. The molecule has 0 spiro atoms. The highest BCUT2D eigenvalue weighted by molar-refractivity contribution is 7.92. The first-order valence-electron chi connectivity index (χ1n) is 8.44. The Morgan fingerprint density at radius 1 is 1.12 bits per heavy atom. The van der Waals surface area contributed by atoms with Gasteiger partial charge in [-0.2, -0.15) is 0 Å². The molecule has 0 radical (unpaired) electrons. The predicted octanol–water partition coefficient (Wildman–Crippen LogP) is 1.40. The number of carbonyl (C=O) groups excluding carboxylic acids is 1. The van der Waals surface area contributed by atoms with Crippen LogP contribution in [0.2, 0.25) is 0 Å². The van der Waals surface area contributed by atoms with Gasteiger partial charge in [0.25, 0.3) is 0 Å². The van der Waals surface area contributed by atoms with Crippen molar-refractivity contribution in [3.63, 3.8) is 0 Å². The van der Waals surface area contributed by atoms with Gasteiger partial charge in [0, 0.05) is 39.1 Å². The molecule has 0 N–H and O–H groups in total. The van der Waals surface area contributed by atoms with Crippen molar-refractivity contribution in [2.45, 2.75) is 19.8 Å². The Labute approximate surface area is 145 Å². The quantitative estimate of drug-likeness (QED) is 0.743. The molecular formula is C17H27N3O3S. The second kappa shape index (κ2) is 8.48. The molecule has 0 aromatic heterocycles. The zero-order chi connectivity index (χ0) is 17.6. The van der Waals surface area contributed by atoms with E-state index in [0.29, 0.717) is 25.1 Å². The normalized spacial score (nSPS) is 16.2. The van der Waals surface area contributed by atoms with Crippen molar-refractivity contribution in [1.29, 1.82) is 0 Å². The minimum absolute atomic E-state index is 0.118. The molecule has 0 bridgehead atoms. The number of para-hydroxylation sites is 1. The van der Waals surface area contributed by atoms with E-state index in [1.54, 1.807) is 12.1 Å². The Hall–Kier alpha value is -1.60. The van der Waals surface area contributed by atoms with Crippen molar-refractivity contribution in [2.24, 2.45) is 0 Å². The number of sulfonamides is 1. The van der Waals surface area contributed by atoms with Crippen molar-refractivity contribution >= 4 is 21.6 Å². The van der Waals surface area contributed by atoms with Crippen LogP contribution in [0, 0.1) is 0 Å². The van der Waals surface area contributed by atoms with Crippen LogP contribution in [0.4, 0.5) is 5.69 Å². The lowest BCUT2D eigenvalue weighted by molar-refractivity contribution is -0.132. The Bertz CT molecular complexity index is 626. The van der Waals surface area contributed by atoms with Gasteiger partial charge in [0.05, 0.1) is 11.9 Å². The monoisotopic (exact) mass is 353 g/mol. The molecule has 1 aliphatic rings. The van der Waals surface area contributed by atoms with Gasteiger partial charge in [-0.15, -0.1) is 0 Å². The molecule has 0 saturated carbocycles. The lowest BCUT2D eigenvalue weighted by Crippen LogP contribution is -2.48. The fraction of sp³-hybridized carbons (Fsp3) is 0.588. The van der Waals surface area contributed by atoms with Crippen LogP contribution in [0.5, 0.6) is 0 Å². The van der Waals surface area contributed by atoms with Crippen molar-refractivity contribution < 1.29 is 13.2 Å². The van der Waals surface area contributed by atoms with E-state index in [1.807, 2.05) is 23.1 Å². The maximum absolute atomic E-state index is 12.3. The summed E-state index contributed by atoms with van der Waals surface area (Å²) in [5, 5.41) is 0. The third-order valence-corrected chi connectivity index (χ3v) is 5.56. The number of anilines is 1. The van der Waals surface area contributed by atoms with Gasteiger partial charge in [0.15, 0.2) is 0 Å². The Kier molecular flexibility index (Phi) is 6.62. The van der Waals surface area contributed by atoms with E-state index in [1.165, 1.54) is 10.6 Å². The third kappa shape index (κ3) is 5.21. The maximum Gasteiger partial charge on any atom is 0.232 e. The summed E-state index contributed by atoms with van der Waals surface area (Å²) < 4.78 is 25.4. The summed E-state index contributed by atoms with van der Waals surface area (Å²) in [5.41, 5.74) is 0.643. The molecule has 6 nitrogen and oxygen atoms in total. The van der Waals surface area contributed by atoms with Gasteiger partial charge >= 0.3 is 0 Å². The number of hydrogen-bond donors (Lipinski definition) is 0. The largest absolute Gasteiger partial charge is 0.340 e. The Balaban J connectivity index is 1.86. The number of carbonyl (C=O) groups is 1. The number of benzene rings is 1. The standard InChI is InChI=1S/C17H27N3O3S/c1-3-18-12-14-19(15-13-18)17(21)10-7-11-20(24(2,22)23)16-8-5-4-6-9-16/h4-6,8-9H,3,7,10-15H2,1-2H3. The van der Waals surface area contributed by atoms with E-state index in [4.69, 9.17) is 0 Å². The molecular weight excluding hydrogens is 326 g/mol. The number of hydrogen-bond acceptors (Lipinski definition) is 4. The molecule has 1 aromatic carbocycles. The van der Waals surface area contributed by atoms with E-state index in [0.717, 1.165) is 32.7 Å². The molecule has 2 rings (SSSR count). The molecule has 1 saturated heterocycles. The van der Waals surface area contributed by atoms with Crippen LogP contribution in [0.1, 0.15) is 19.8 Å². The summed E-state index contributed by atoms with van der Waals surface area (Å²) in [6.45, 7) is 6.83. The topological polar surface area (TPSA) is 60.9 Å². The number of piperazine rings is 1. The molecule has 1 amide bonds. The van der Waals surface area contributed by atoms with Crippen molar-refractivity contribution in [3.8, 4) is 0 Å². The highest BCUT2D eigenvalue weighted by Gasteiger charge is 2.21. The second-order valence-corrected chi connectivity index (χ2v) is 8.00. The molecule has 1 fully saturated rings. The van der Waals surface area contributed by atoms with E-state index in [-0.39, 0.29) is 5.91 Å². The van der Waals surface area contributed by atoms with Gasteiger partial charge < -0.3 is 9.80 Å². The zero-order valence-corrected chi connectivity index (χ0v) is 15.3. The smallest absolute Gasteiger partial charge is 0.232 e. The number of nitrogens with zero attached hydrogens (tertiary/aromatic N) is 3. The van der Waals surface area contributed by atoms with Crippen molar-refractivity contribution in [1.82, 2.24) is 9.80 Å². The summed E-state index contributed by atoms with van der Waals surface area (Å²) in [6.07, 6.45) is 2.10. The number of likely N-dealkylation sites (N-methyl/N-ethyl adjacent to an activating group) is 1. The SMILES string of the molecule is CCN1CCN(C(=O)CCCN(c2ccccc2)S(C)(=O)=O)CC1. The fourth-order valence-electron chi connectivity index (χ4n) is 2.93. The second-order valence-electron chi connectivity index (χ2n) is 6.09. The minimum atomic E-state index is -3.35. The minimum Gasteiger partial charge on any atom is -0.340 e. The summed E-state index contributed by atoms with van der Waals surface area (Å²) in [5.74, 6) is 0.118. The predicted molar refractivity (Wildman–Crippen MR) is 96.6 cm³/mol. The van der Waals surface area contributed by atoms with E-state index in [9.17, 15) is 13.2 Å². The lowest BCUT2D eigenvalue weighted by Gasteiger charge is -2.34. The maximum atomic E-state index is 12.3. The van der Waals surface area contributed by atoms with Crippen LogP contribution in [-0.4, -0.2) is 69.6 Å². The highest BCUT2D eigenvalue weighted by atomic mass is 32.2. The molecule has 134 valence electrons. The van der Waals surface area contributed by atoms with Crippen molar-refractivity contribution in [2.75, 3.05) is 49.8 Å². The van der Waals surface area contributed by atoms with Gasteiger partial charge in [-0.25, -0.2) is 8.42 Å². The summed E-state index contributed by atoms with van der Waals surface area (Å²) in [7, 11) is -3.35. The third-order valence-electron chi connectivity index (χ3n) is 4.37. The van der Waals surface area contributed by atoms with Gasteiger partial charge in [0.2, 0.25) is 15.9 Å². The fourth-order valence-corrected chi connectivity index (χ4v) is 3.89. The molecule has 24 heavy (non-hydrogen) atoms.